The lowest BCUT2D eigenvalue weighted by Crippen LogP contribution is -2.51. The van der Waals surface area contributed by atoms with Crippen LogP contribution in [0.15, 0.2) is 0 Å². The number of nitrogens with two attached hydrogens (primary N) is 1. The van der Waals surface area contributed by atoms with E-state index in [-0.39, 0.29) is 23.6 Å². The number of nitrogens with zero attached hydrogens (tertiary/aromatic N) is 1. The minimum atomic E-state index is -2.89. The molecule has 6 heteroatoms. The van der Waals surface area contributed by atoms with Gasteiger partial charge < -0.3 is 5.73 Å². The average Bonchev–Trinajstić information content (AvgIpc) is 2.52. The SMILES string of the molecule is CCC1CN(C2CS(=O)(=O)CC2N)CCS1. The normalized spacial score (nSPS) is 40.0. The molecule has 3 atom stereocenters. The Morgan fingerprint density at radius 1 is 1.44 bits per heavy atom. The van der Waals surface area contributed by atoms with Gasteiger partial charge in [-0.3, -0.25) is 4.90 Å². The number of hydrogen-bond donors (Lipinski definition) is 1. The van der Waals surface area contributed by atoms with Gasteiger partial charge in [0.1, 0.15) is 0 Å². The molecule has 2 rings (SSSR count). The summed E-state index contributed by atoms with van der Waals surface area (Å²) in [4.78, 5) is 2.29. The van der Waals surface area contributed by atoms with Crippen LogP contribution in [-0.4, -0.2) is 61.0 Å². The Labute approximate surface area is 102 Å². The van der Waals surface area contributed by atoms with Crippen LogP contribution in [0.3, 0.4) is 0 Å². The van der Waals surface area contributed by atoms with Gasteiger partial charge in [-0.1, -0.05) is 6.92 Å². The van der Waals surface area contributed by atoms with Crippen molar-refractivity contribution in [3.63, 3.8) is 0 Å². The summed E-state index contributed by atoms with van der Waals surface area (Å²) in [5, 5.41) is 0.643. The number of thioether (sulfide) groups is 1. The maximum Gasteiger partial charge on any atom is 0.153 e. The third-order valence-corrected chi connectivity index (χ3v) is 6.57. The van der Waals surface area contributed by atoms with Crippen LogP contribution in [0, 0.1) is 0 Å². The van der Waals surface area contributed by atoms with Crippen LogP contribution in [0.2, 0.25) is 0 Å². The van der Waals surface area contributed by atoms with Crippen LogP contribution < -0.4 is 5.73 Å². The van der Waals surface area contributed by atoms with Crippen molar-refractivity contribution in [1.82, 2.24) is 4.90 Å². The summed E-state index contributed by atoms with van der Waals surface area (Å²) in [6.45, 7) is 4.16. The predicted molar refractivity (Wildman–Crippen MR) is 68.5 cm³/mol. The zero-order valence-electron chi connectivity index (χ0n) is 9.63. The molecule has 94 valence electrons. The molecule has 2 heterocycles. The summed E-state index contributed by atoms with van der Waals surface area (Å²) in [6, 6.07) is -0.134. The Morgan fingerprint density at radius 2 is 2.19 bits per heavy atom. The van der Waals surface area contributed by atoms with Gasteiger partial charge in [-0.05, 0) is 6.42 Å². The monoisotopic (exact) mass is 264 g/mol. The van der Waals surface area contributed by atoms with E-state index in [1.165, 1.54) is 0 Å². The zero-order valence-corrected chi connectivity index (χ0v) is 11.3. The first kappa shape index (κ1) is 12.7. The maximum absolute atomic E-state index is 11.5. The minimum Gasteiger partial charge on any atom is -0.325 e. The fraction of sp³-hybridized carbons (Fsp3) is 1.00. The highest BCUT2D eigenvalue weighted by Gasteiger charge is 2.40. The second-order valence-electron chi connectivity index (χ2n) is 4.70. The minimum absolute atomic E-state index is 0.0555. The first-order chi connectivity index (χ1) is 7.52. The summed E-state index contributed by atoms with van der Waals surface area (Å²) in [5.74, 6) is 1.52. The molecule has 16 heavy (non-hydrogen) atoms. The lowest BCUT2D eigenvalue weighted by molar-refractivity contribution is 0.204. The summed E-state index contributed by atoms with van der Waals surface area (Å²) >= 11 is 1.99. The molecular formula is C10H20N2O2S2. The Bertz CT molecular complexity index is 345. The van der Waals surface area contributed by atoms with Gasteiger partial charge in [-0.15, -0.1) is 0 Å². The molecule has 4 nitrogen and oxygen atoms in total. The first-order valence-corrected chi connectivity index (χ1v) is 8.70. The van der Waals surface area contributed by atoms with Crippen LogP contribution in [0.25, 0.3) is 0 Å². The van der Waals surface area contributed by atoms with Crippen molar-refractivity contribution in [2.45, 2.75) is 30.7 Å². The van der Waals surface area contributed by atoms with Crippen molar-refractivity contribution in [2.75, 3.05) is 30.3 Å². The quantitative estimate of drug-likeness (QED) is 0.757. The molecule has 0 radical (unpaired) electrons. The van der Waals surface area contributed by atoms with E-state index in [0.29, 0.717) is 5.25 Å². The van der Waals surface area contributed by atoms with Crippen LogP contribution in [-0.2, 0) is 9.84 Å². The van der Waals surface area contributed by atoms with Crippen molar-refractivity contribution in [3.05, 3.63) is 0 Å². The van der Waals surface area contributed by atoms with Gasteiger partial charge in [0.2, 0.25) is 0 Å². The van der Waals surface area contributed by atoms with Gasteiger partial charge in [-0.2, -0.15) is 11.8 Å². The lowest BCUT2D eigenvalue weighted by Gasteiger charge is -2.37. The second kappa shape index (κ2) is 4.84. The van der Waals surface area contributed by atoms with E-state index in [0.717, 1.165) is 25.3 Å². The van der Waals surface area contributed by atoms with E-state index in [4.69, 9.17) is 5.73 Å². The molecule has 0 saturated carbocycles. The first-order valence-electron chi connectivity index (χ1n) is 5.83. The molecule has 0 aliphatic carbocycles. The summed E-state index contributed by atoms with van der Waals surface area (Å²) in [7, 11) is -2.89. The van der Waals surface area contributed by atoms with Crippen molar-refractivity contribution in [1.29, 1.82) is 0 Å². The van der Waals surface area contributed by atoms with Gasteiger partial charge in [0, 0.05) is 36.2 Å². The molecule has 2 saturated heterocycles. The average molecular weight is 264 g/mol. The van der Waals surface area contributed by atoms with Gasteiger partial charge >= 0.3 is 0 Å². The fourth-order valence-electron chi connectivity index (χ4n) is 2.52. The third kappa shape index (κ3) is 2.72. The van der Waals surface area contributed by atoms with E-state index in [2.05, 4.69) is 11.8 Å². The fourth-order valence-corrected chi connectivity index (χ4v) is 5.65. The standard InChI is InChI=1S/C10H20N2O2S2/c1-2-8-5-12(3-4-15-8)10-7-16(13,14)6-9(10)11/h8-10H,2-7,11H2,1H3. The van der Waals surface area contributed by atoms with E-state index in [9.17, 15) is 8.42 Å². The highest BCUT2D eigenvalue weighted by atomic mass is 32.2. The Balaban J connectivity index is 2.02. The van der Waals surface area contributed by atoms with Crippen molar-refractivity contribution in [3.8, 4) is 0 Å². The smallest absolute Gasteiger partial charge is 0.153 e. The van der Waals surface area contributed by atoms with Crippen LogP contribution in [0.5, 0.6) is 0 Å². The van der Waals surface area contributed by atoms with E-state index < -0.39 is 9.84 Å². The molecule has 0 aromatic carbocycles. The molecule has 2 fully saturated rings. The molecule has 0 amide bonds. The maximum atomic E-state index is 11.5. The predicted octanol–water partition coefficient (Wildman–Crippen LogP) is -0.0619. The van der Waals surface area contributed by atoms with E-state index in [1.54, 1.807) is 0 Å². The summed E-state index contributed by atoms with van der Waals surface area (Å²) in [5.41, 5.74) is 5.94. The largest absolute Gasteiger partial charge is 0.325 e. The number of rotatable bonds is 2. The molecule has 0 spiro atoms. The third-order valence-electron chi connectivity index (χ3n) is 3.46. The van der Waals surface area contributed by atoms with Crippen LogP contribution in [0.4, 0.5) is 0 Å². The van der Waals surface area contributed by atoms with Crippen LogP contribution in [0.1, 0.15) is 13.3 Å². The number of hydrogen-bond acceptors (Lipinski definition) is 5. The van der Waals surface area contributed by atoms with Crippen molar-refractivity contribution >= 4 is 21.6 Å². The topological polar surface area (TPSA) is 63.4 Å². The van der Waals surface area contributed by atoms with Gasteiger partial charge in [-0.25, -0.2) is 8.42 Å². The van der Waals surface area contributed by atoms with Crippen LogP contribution >= 0.6 is 11.8 Å². The molecule has 0 aromatic rings. The molecular weight excluding hydrogens is 244 g/mol. The summed E-state index contributed by atoms with van der Waals surface area (Å²) in [6.07, 6.45) is 1.15. The summed E-state index contributed by atoms with van der Waals surface area (Å²) < 4.78 is 23.1. The highest BCUT2D eigenvalue weighted by Crippen LogP contribution is 2.26. The van der Waals surface area contributed by atoms with E-state index >= 15 is 0 Å². The molecule has 2 N–H and O–H groups in total. The van der Waals surface area contributed by atoms with Crippen molar-refractivity contribution < 1.29 is 8.42 Å². The highest BCUT2D eigenvalue weighted by molar-refractivity contribution is 8.00. The van der Waals surface area contributed by atoms with Crippen molar-refractivity contribution in [2.24, 2.45) is 5.73 Å². The molecule has 0 aromatic heterocycles. The molecule has 3 unspecified atom stereocenters. The van der Waals surface area contributed by atoms with Gasteiger partial charge in [0.05, 0.1) is 11.5 Å². The van der Waals surface area contributed by atoms with E-state index in [1.807, 2.05) is 11.8 Å². The zero-order chi connectivity index (χ0) is 11.8. The number of sulfone groups is 1. The van der Waals surface area contributed by atoms with Gasteiger partial charge in [0.25, 0.3) is 0 Å². The Hall–Kier alpha value is 0.220. The molecule has 0 bridgehead atoms. The Kier molecular flexibility index (Phi) is 3.83. The Morgan fingerprint density at radius 3 is 2.75 bits per heavy atom. The molecule has 2 aliphatic rings. The van der Waals surface area contributed by atoms with Gasteiger partial charge in [0.15, 0.2) is 9.84 Å². The molecule has 2 aliphatic heterocycles. The second-order valence-corrected chi connectivity index (χ2v) is 8.27. The lowest BCUT2D eigenvalue weighted by atomic mass is 10.1.